The lowest BCUT2D eigenvalue weighted by Gasteiger charge is -2.10. The van der Waals surface area contributed by atoms with Crippen LogP contribution in [-0.2, 0) is 6.61 Å². The Balaban J connectivity index is 2.11. The molecule has 0 amide bonds. The van der Waals surface area contributed by atoms with Crippen molar-refractivity contribution in [3.63, 3.8) is 0 Å². The molecule has 1 heterocycles. The first-order valence-electron chi connectivity index (χ1n) is 5.75. The Morgan fingerprint density at radius 1 is 1.50 bits per heavy atom. The van der Waals surface area contributed by atoms with Gasteiger partial charge in [-0.05, 0) is 30.7 Å². The van der Waals surface area contributed by atoms with Crippen LogP contribution >= 0.6 is 0 Å². The lowest BCUT2D eigenvalue weighted by Crippen LogP contribution is -2.08. The largest absolute Gasteiger partial charge is 0.485 e. The van der Waals surface area contributed by atoms with Crippen molar-refractivity contribution in [1.29, 1.82) is 0 Å². The molecule has 0 unspecified atom stereocenters. The molecule has 5 nitrogen and oxygen atoms in total. The predicted molar refractivity (Wildman–Crippen MR) is 66.0 cm³/mol. The molecule has 0 radical (unpaired) electrons. The summed E-state index contributed by atoms with van der Waals surface area (Å²) in [5, 5.41) is 8.84. The zero-order valence-corrected chi connectivity index (χ0v) is 10.6. The Hall–Kier alpha value is -2.44. The Kier molecular flexibility index (Phi) is 3.97. The number of aryl methyl sites for hydroxylation is 1. The van der Waals surface area contributed by atoms with E-state index >= 15 is 0 Å². The highest BCUT2D eigenvalue weighted by molar-refractivity contribution is 5.88. The van der Waals surface area contributed by atoms with Gasteiger partial charge in [-0.15, -0.1) is 0 Å². The Morgan fingerprint density at radius 2 is 2.25 bits per heavy atom. The van der Waals surface area contributed by atoms with E-state index in [0.717, 1.165) is 0 Å². The minimum absolute atomic E-state index is 0.0988. The fourth-order valence-electron chi connectivity index (χ4n) is 1.72. The van der Waals surface area contributed by atoms with Crippen LogP contribution < -0.4 is 4.74 Å². The van der Waals surface area contributed by atoms with E-state index in [0.29, 0.717) is 15.9 Å². The highest BCUT2D eigenvalue weighted by atomic mass is 19.3. The van der Waals surface area contributed by atoms with E-state index in [-0.39, 0.29) is 18.0 Å². The van der Waals surface area contributed by atoms with Crippen molar-refractivity contribution in [1.82, 2.24) is 9.55 Å². The van der Waals surface area contributed by atoms with E-state index in [9.17, 15) is 13.6 Å². The molecule has 2 rings (SSSR count). The van der Waals surface area contributed by atoms with E-state index in [4.69, 9.17) is 9.84 Å². The van der Waals surface area contributed by atoms with Crippen LogP contribution in [0, 0.1) is 6.92 Å². The van der Waals surface area contributed by atoms with Crippen molar-refractivity contribution in [3.05, 3.63) is 47.5 Å². The molecule has 7 heteroatoms. The minimum atomic E-state index is -2.67. The molecular formula is C13H12F2N2O3. The Bertz CT molecular complexity index is 626. The number of halogens is 2. The lowest BCUT2D eigenvalue weighted by atomic mass is 10.1. The number of nitrogens with zero attached hydrogens (tertiary/aromatic N) is 2. The molecule has 1 aromatic heterocycles. The predicted octanol–water partition coefficient (Wildman–Crippen LogP) is 2.86. The number of aromatic nitrogens is 2. The maximum absolute atomic E-state index is 12.6. The zero-order chi connectivity index (χ0) is 14.7. The monoisotopic (exact) mass is 282 g/mol. The van der Waals surface area contributed by atoms with Crippen LogP contribution in [0.2, 0.25) is 0 Å². The summed E-state index contributed by atoms with van der Waals surface area (Å²) in [6.45, 7) is -1.11. The molecule has 106 valence electrons. The van der Waals surface area contributed by atoms with Gasteiger partial charge in [0.15, 0.2) is 5.82 Å². The normalized spacial score (nSPS) is 10.8. The van der Waals surface area contributed by atoms with E-state index in [1.54, 1.807) is 6.92 Å². The van der Waals surface area contributed by atoms with Gasteiger partial charge < -0.3 is 9.84 Å². The van der Waals surface area contributed by atoms with Crippen molar-refractivity contribution in [2.75, 3.05) is 0 Å². The fraction of sp³-hybridized carbons (Fsp3) is 0.231. The molecule has 0 saturated heterocycles. The summed E-state index contributed by atoms with van der Waals surface area (Å²) in [7, 11) is 0. The van der Waals surface area contributed by atoms with Crippen molar-refractivity contribution < 1.29 is 23.4 Å². The summed E-state index contributed by atoms with van der Waals surface area (Å²) < 4.78 is 31.3. The number of hydrogen-bond acceptors (Lipinski definition) is 3. The van der Waals surface area contributed by atoms with Crippen LogP contribution in [0.4, 0.5) is 8.78 Å². The molecule has 0 saturated carbocycles. The molecule has 0 aliphatic rings. The third-order valence-electron chi connectivity index (χ3n) is 2.74. The second kappa shape index (κ2) is 5.68. The van der Waals surface area contributed by atoms with Crippen LogP contribution in [-0.4, -0.2) is 20.6 Å². The van der Waals surface area contributed by atoms with E-state index in [1.807, 2.05) is 0 Å². The van der Waals surface area contributed by atoms with Gasteiger partial charge >= 0.3 is 12.5 Å². The van der Waals surface area contributed by atoms with Crippen molar-refractivity contribution >= 4 is 5.97 Å². The summed E-state index contributed by atoms with van der Waals surface area (Å²) in [5.41, 5.74) is 0.754. The number of rotatable bonds is 5. The molecule has 0 spiro atoms. The van der Waals surface area contributed by atoms with Gasteiger partial charge in [-0.2, -0.15) is 8.78 Å². The van der Waals surface area contributed by atoms with Crippen LogP contribution in [0.5, 0.6) is 5.75 Å². The highest BCUT2D eigenvalue weighted by Crippen LogP contribution is 2.21. The van der Waals surface area contributed by atoms with Gasteiger partial charge in [0.1, 0.15) is 12.4 Å². The molecular weight excluding hydrogens is 270 g/mol. The average molecular weight is 282 g/mol. The smallest absolute Gasteiger partial charge is 0.335 e. The van der Waals surface area contributed by atoms with Crippen molar-refractivity contribution in [2.45, 2.75) is 20.1 Å². The Labute approximate surface area is 113 Å². The number of carboxylic acids is 1. The van der Waals surface area contributed by atoms with Gasteiger partial charge in [0.25, 0.3) is 0 Å². The van der Waals surface area contributed by atoms with E-state index in [1.165, 1.54) is 30.6 Å². The van der Waals surface area contributed by atoms with E-state index < -0.39 is 12.5 Å². The Morgan fingerprint density at radius 3 is 2.85 bits per heavy atom. The third-order valence-corrected chi connectivity index (χ3v) is 2.74. The number of alkyl halides is 2. The molecule has 20 heavy (non-hydrogen) atoms. The molecule has 0 atom stereocenters. The first-order valence-corrected chi connectivity index (χ1v) is 5.75. The zero-order valence-electron chi connectivity index (χ0n) is 10.6. The number of benzene rings is 1. The molecule has 1 N–H and O–H groups in total. The SMILES string of the molecule is Cc1cc(C(=O)O)ccc1OCc1nccn1C(F)F. The first-order chi connectivity index (χ1) is 9.49. The summed E-state index contributed by atoms with van der Waals surface area (Å²) in [5.74, 6) is -0.506. The van der Waals surface area contributed by atoms with Crippen molar-refractivity contribution in [2.24, 2.45) is 0 Å². The molecule has 0 aliphatic carbocycles. The van der Waals surface area contributed by atoms with Crippen LogP contribution in [0.1, 0.15) is 28.3 Å². The molecule has 0 fully saturated rings. The first kappa shape index (κ1) is 14.0. The number of ether oxygens (including phenoxy) is 1. The molecule has 0 aliphatic heterocycles. The summed E-state index contributed by atoms with van der Waals surface area (Å²) in [6.07, 6.45) is 2.44. The molecule has 0 bridgehead atoms. The molecule has 2 aromatic rings. The third kappa shape index (κ3) is 2.93. The minimum Gasteiger partial charge on any atom is -0.485 e. The van der Waals surface area contributed by atoms with Crippen LogP contribution in [0.15, 0.2) is 30.6 Å². The second-order valence-electron chi connectivity index (χ2n) is 4.10. The maximum atomic E-state index is 12.6. The molecule has 1 aromatic carbocycles. The van der Waals surface area contributed by atoms with Gasteiger partial charge in [-0.1, -0.05) is 0 Å². The quantitative estimate of drug-likeness (QED) is 0.915. The standard InChI is InChI=1S/C13H12F2N2O3/c1-8-6-9(12(18)19)2-3-10(8)20-7-11-16-4-5-17(11)13(14)15/h2-6,13H,7H2,1H3,(H,18,19). The van der Waals surface area contributed by atoms with Gasteiger partial charge in [-0.3, -0.25) is 4.57 Å². The van der Waals surface area contributed by atoms with Gasteiger partial charge in [0.2, 0.25) is 0 Å². The van der Waals surface area contributed by atoms with Gasteiger partial charge in [-0.25, -0.2) is 9.78 Å². The topological polar surface area (TPSA) is 64.3 Å². The number of hydrogen-bond donors (Lipinski definition) is 1. The number of carboxylic acid groups (broad SMARTS) is 1. The summed E-state index contributed by atoms with van der Waals surface area (Å²) in [6, 6.07) is 4.34. The van der Waals surface area contributed by atoms with Gasteiger partial charge in [0, 0.05) is 12.4 Å². The van der Waals surface area contributed by atoms with Gasteiger partial charge in [0.05, 0.1) is 5.56 Å². The average Bonchev–Trinajstić information content (AvgIpc) is 2.85. The highest BCUT2D eigenvalue weighted by Gasteiger charge is 2.12. The van der Waals surface area contributed by atoms with Crippen molar-refractivity contribution in [3.8, 4) is 5.75 Å². The maximum Gasteiger partial charge on any atom is 0.335 e. The van der Waals surface area contributed by atoms with E-state index in [2.05, 4.69) is 4.98 Å². The number of carbonyl (C=O) groups is 1. The number of imidazole rings is 1. The number of aromatic carboxylic acids is 1. The second-order valence-corrected chi connectivity index (χ2v) is 4.10. The van der Waals surface area contributed by atoms with Crippen LogP contribution in [0.25, 0.3) is 0 Å². The fourth-order valence-corrected chi connectivity index (χ4v) is 1.72. The summed E-state index contributed by atoms with van der Waals surface area (Å²) >= 11 is 0. The van der Waals surface area contributed by atoms with Crippen LogP contribution in [0.3, 0.4) is 0 Å². The summed E-state index contributed by atoms with van der Waals surface area (Å²) in [4.78, 5) is 14.6. The lowest BCUT2D eigenvalue weighted by molar-refractivity contribution is 0.0630.